The Morgan fingerprint density at radius 1 is 1.19 bits per heavy atom. The number of benzene rings is 1. The zero-order chi connectivity index (χ0) is 25.6. The molecule has 3 aliphatic rings. The summed E-state index contributed by atoms with van der Waals surface area (Å²) >= 11 is 0. The molecule has 196 valence electrons. The van der Waals surface area contributed by atoms with Crippen LogP contribution in [0.2, 0.25) is 0 Å². The van der Waals surface area contributed by atoms with Gasteiger partial charge in [0.2, 0.25) is 0 Å². The van der Waals surface area contributed by atoms with Crippen molar-refractivity contribution >= 4 is 11.9 Å². The summed E-state index contributed by atoms with van der Waals surface area (Å²) in [5, 5.41) is 12.9. The largest absolute Gasteiger partial charge is 0.462 e. The molecule has 2 fully saturated rings. The number of likely N-dealkylation sites (tertiary alicyclic amines) is 1. The Hall–Kier alpha value is -3.42. The van der Waals surface area contributed by atoms with Gasteiger partial charge in [-0.25, -0.2) is 4.79 Å². The number of hydrogen-bond donors (Lipinski definition) is 1. The lowest BCUT2D eigenvalue weighted by molar-refractivity contribution is 0.0767. The summed E-state index contributed by atoms with van der Waals surface area (Å²) in [6.45, 7) is 4.98. The van der Waals surface area contributed by atoms with Crippen LogP contribution in [-0.4, -0.2) is 84.3 Å². The van der Waals surface area contributed by atoms with E-state index in [0.29, 0.717) is 44.8 Å². The number of fused-ring (bicyclic) bond motifs is 1. The predicted octanol–water partition coefficient (Wildman–Crippen LogP) is 2.34. The van der Waals surface area contributed by atoms with Crippen LogP contribution in [0.5, 0.6) is 6.01 Å². The second kappa shape index (κ2) is 11.8. The van der Waals surface area contributed by atoms with E-state index in [1.807, 2.05) is 30.3 Å². The van der Waals surface area contributed by atoms with E-state index in [0.717, 1.165) is 48.6 Å². The Labute approximate surface area is 218 Å². The average Bonchev–Trinajstić information content (AvgIpc) is 3.35. The SMILES string of the molecule is [11CH3]N1CCC[C@H]1COc1nc2c(c(N3CCN(C(=O)OCc4ccccc4)[C@@H](CC#N)C3)n1)CCNC2. The van der Waals surface area contributed by atoms with E-state index in [-0.39, 0.29) is 25.2 Å². The fourth-order valence-corrected chi connectivity index (χ4v) is 5.37. The third-order valence-electron chi connectivity index (χ3n) is 7.52. The third-order valence-corrected chi connectivity index (χ3v) is 7.52. The van der Waals surface area contributed by atoms with Crippen molar-refractivity contribution in [3.63, 3.8) is 0 Å². The van der Waals surface area contributed by atoms with Crippen molar-refractivity contribution in [1.82, 2.24) is 25.1 Å². The lowest BCUT2D eigenvalue weighted by atomic mass is 10.0. The highest BCUT2D eigenvalue weighted by Crippen LogP contribution is 2.29. The molecule has 3 aliphatic heterocycles. The lowest BCUT2D eigenvalue weighted by Gasteiger charge is -2.41. The molecule has 0 aliphatic carbocycles. The molecule has 0 spiro atoms. The standard InChI is InChI=1S/C27H35N7O3/c1-32-13-5-8-22(32)19-36-26-30-24-16-29-12-10-23(24)25(31-26)33-14-15-34(21(17-33)9-11-28)27(35)37-18-20-6-3-2-4-7-20/h2-4,6-7,21-22,29H,5,8-10,12-19H2,1H3/t21-,22-/m0/s1/i1-1. The van der Waals surface area contributed by atoms with Gasteiger partial charge in [0.25, 0.3) is 0 Å². The minimum atomic E-state index is -0.387. The van der Waals surface area contributed by atoms with E-state index in [9.17, 15) is 10.1 Å². The first-order valence-electron chi connectivity index (χ1n) is 13.1. The number of nitrogens with zero attached hydrogens (tertiary/aromatic N) is 6. The molecule has 1 aromatic heterocycles. The van der Waals surface area contributed by atoms with E-state index >= 15 is 0 Å². The molecule has 5 rings (SSSR count). The van der Waals surface area contributed by atoms with Crippen LogP contribution < -0.4 is 15.0 Å². The van der Waals surface area contributed by atoms with Gasteiger partial charge in [0, 0.05) is 37.8 Å². The number of nitriles is 1. The molecular weight excluding hydrogens is 469 g/mol. The fraction of sp³-hybridized carbons (Fsp3) is 0.556. The van der Waals surface area contributed by atoms with Gasteiger partial charge < -0.3 is 29.5 Å². The van der Waals surface area contributed by atoms with Gasteiger partial charge in [0.1, 0.15) is 19.0 Å². The van der Waals surface area contributed by atoms with Crippen molar-refractivity contribution in [1.29, 1.82) is 5.26 Å². The molecule has 37 heavy (non-hydrogen) atoms. The fourth-order valence-electron chi connectivity index (χ4n) is 5.37. The topological polar surface area (TPSA) is 107 Å². The minimum Gasteiger partial charge on any atom is -0.462 e. The number of ether oxygens (including phenoxy) is 2. The molecule has 1 aromatic carbocycles. The van der Waals surface area contributed by atoms with Gasteiger partial charge in [0.15, 0.2) is 0 Å². The molecular formula is C27H35N7O3. The number of hydrogen-bond acceptors (Lipinski definition) is 9. The first-order chi connectivity index (χ1) is 18.1. The van der Waals surface area contributed by atoms with Gasteiger partial charge in [-0.05, 0) is 45.0 Å². The summed E-state index contributed by atoms with van der Waals surface area (Å²) in [5.74, 6) is 0.863. The van der Waals surface area contributed by atoms with Gasteiger partial charge >= 0.3 is 12.1 Å². The second-order valence-corrected chi connectivity index (χ2v) is 9.97. The Bertz CT molecular complexity index is 1120. The highest BCUT2D eigenvalue weighted by molar-refractivity contribution is 5.69. The van der Waals surface area contributed by atoms with Crippen LogP contribution in [0.15, 0.2) is 30.3 Å². The number of likely N-dealkylation sites (N-methyl/N-ethyl adjacent to an activating group) is 1. The van der Waals surface area contributed by atoms with Crippen LogP contribution in [0.4, 0.5) is 10.6 Å². The first kappa shape index (κ1) is 25.2. The summed E-state index contributed by atoms with van der Waals surface area (Å²) in [4.78, 5) is 28.7. The van der Waals surface area contributed by atoms with Crippen LogP contribution in [-0.2, 0) is 24.3 Å². The molecule has 2 atom stereocenters. The van der Waals surface area contributed by atoms with Gasteiger partial charge in [-0.3, -0.25) is 0 Å². The number of nitrogens with one attached hydrogen (secondary N) is 1. The molecule has 0 radical (unpaired) electrons. The smallest absolute Gasteiger partial charge is 0.410 e. The minimum absolute atomic E-state index is 0.211. The molecule has 1 N–H and O–H groups in total. The van der Waals surface area contributed by atoms with Crippen LogP contribution in [0.3, 0.4) is 0 Å². The third kappa shape index (κ3) is 5.95. The summed E-state index contributed by atoms with van der Waals surface area (Å²) < 4.78 is 11.7. The second-order valence-electron chi connectivity index (χ2n) is 9.97. The van der Waals surface area contributed by atoms with Gasteiger partial charge in [-0.1, -0.05) is 30.3 Å². The highest BCUT2D eigenvalue weighted by atomic mass is 16.6. The van der Waals surface area contributed by atoms with Crippen molar-refractivity contribution in [2.24, 2.45) is 0 Å². The maximum absolute atomic E-state index is 12.9. The van der Waals surface area contributed by atoms with E-state index < -0.39 is 0 Å². The lowest BCUT2D eigenvalue weighted by Crippen LogP contribution is -2.55. The van der Waals surface area contributed by atoms with Crippen molar-refractivity contribution in [2.45, 2.75) is 50.9 Å². The Morgan fingerprint density at radius 2 is 2.05 bits per heavy atom. The molecule has 0 bridgehead atoms. The molecule has 10 heteroatoms. The molecule has 0 unspecified atom stereocenters. The maximum atomic E-state index is 12.9. The average molecular weight is 505 g/mol. The van der Waals surface area contributed by atoms with Crippen LogP contribution in [0.25, 0.3) is 0 Å². The van der Waals surface area contributed by atoms with Crippen molar-refractivity contribution in [3.05, 3.63) is 47.2 Å². The van der Waals surface area contributed by atoms with E-state index in [1.165, 1.54) is 6.42 Å². The Balaban J connectivity index is 1.30. The van der Waals surface area contributed by atoms with E-state index in [4.69, 9.17) is 19.4 Å². The van der Waals surface area contributed by atoms with Crippen LogP contribution in [0.1, 0.15) is 36.1 Å². The summed E-state index contributed by atoms with van der Waals surface area (Å²) in [6.07, 6.45) is 2.97. The normalized spacial score (nSPS) is 21.8. The van der Waals surface area contributed by atoms with Crippen molar-refractivity contribution in [3.8, 4) is 12.1 Å². The number of carbonyl (C=O) groups excluding carboxylic acids is 1. The van der Waals surface area contributed by atoms with E-state index in [2.05, 4.69) is 28.2 Å². The van der Waals surface area contributed by atoms with Gasteiger partial charge in [-0.2, -0.15) is 15.2 Å². The number of carbonyl (C=O) groups is 1. The number of piperazine rings is 1. The summed E-state index contributed by atoms with van der Waals surface area (Å²) in [7, 11) is 2.13. The molecule has 4 heterocycles. The quantitative estimate of drug-likeness (QED) is 0.608. The Morgan fingerprint density at radius 3 is 2.84 bits per heavy atom. The molecule has 1 amide bonds. The monoisotopic (exact) mass is 504 g/mol. The number of amides is 1. The predicted molar refractivity (Wildman–Crippen MR) is 138 cm³/mol. The van der Waals surface area contributed by atoms with Gasteiger partial charge in [0.05, 0.1) is 24.2 Å². The first-order valence-corrected chi connectivity index (χ1v) is 13.1. The van der Waals surface area contributed by atoms with Gasteiger partial charge in [-0.15, -0.1) is 0 Å². The molecule has 2 saturated heterocycles. The maximum Gasteiger partial charge on any atom is 0.410 e. The van der Waals surface area contributed by atoms with E-state index in [1.54, 1.807) is 4.90 Å². The zero-order valence-corrected chi connectivity index (χ0v) is 21.4. The van der Waals surface area contributed by atoms with Crippen LogP contribution >= 0.6 is 0 Å². The molecule has 10 nitrogen and oxygen atoms in total. The summed E-state index contributed by atoms with van der Waals surface area (Å²) in [6, 6.07) is 12.4. The summed E-state index contributed by atoms with van der Waals surface area (Å²) in [5.41, 5.74) is 3.02. The number of rotatable bonds is 7. The number of anilines is 1. The highest BCUT2D eigenvalue weighted by Gasteiger charge is 2.34. The zero-order valence-electron chi connectivity index (χ0n) is 21.4. The van der Waals surface area contributed by atoms with Crippen molar-refractivity contribution in [2.75, 3.05) is 51.3 Å². The number of aromatic nitrogens is 2. The Kier molecular flexibility index (Phi) is 8.02. The molecule has 2 aromatic rings. The molecule has 0 saturated carbocycles. The van der Waals surface area contributed by atoms with Crippen LogP contribution in [0, 0.1) is 11.3 Å². The van der Waals surface area contributed by atoms with Crippen molar-refractivity contribution < 1.29 is 14.3 Å².